The van der Waals surface area contributed by atoms with Crippen LogP contribution < -0.4 is 10.1 Å². The van der Waals surface area contributed by atoms with Gasteiger partial charge in [-0.05, 0) is 42.2 Å². The van der Waals surface area contributed by atoms with E-state index in [0.29, 0.717) is 24.6 Å². The Morgan fingerprint density at radius 2 is 1.89 bits per heavy atom. The van der Waals surface area contributed by atoms with Crippen LogP contribution in [0, 0.1) is 0 Å². The van der Waals surface area contributed by atoms with Gasteiger partial charge in [-0.15, -0.1) is 0 Å². The van der Waals surface area contributed by atoms with E-state index in [1.807, 2.05) is 0 Å². The van der Waals surface area contributed by atoms with Crippen LogP contribution in [0.2, 0.25) is 5.02 Å². The van der Waals surface area contributed by atoms with E-state index in [2.05, 4.69) is 10.3 Å². The minimum Gasteiger partial charge on any atom is -0.495 e. The van der Waals surface area contributed by atoms with Gasteiger partial charge in [0.05, 0.1) is 17.7 Å². The molecule has 0 aliphatic heterocycles. The highest BCUT2D eigenvalue weighted by molar-refractivity contribution is 7.86. The van der Waals surface area contributed by atoms with Gasteiger partial charge in [0.1, 0.15) is 16.5 Å². The molecule has 2 aromatic rings. The SMILES string of the molecule is COc1cc2c(cc1S(=O)(=O)O)CC(Nc1ncc(C(F)(F)F)cc1Cl)C2. The molecule has 0 amide bonds. The second-order valence-electron chi connectivity index (χ2n) is 6.05. The highest BCUT2D eigenvalue weighted by Crippen LogP contribution is 2.35. The molecule has 0 radical (unpaired) electrons. The number of hydrogen-bond donors (Lipinski definition) is 2. The molecule has 0 saturated heterocycles. The fourth-order valence-electron chi connectivity index (χ4n) is 2.98. The fourth-order valence-corrected chi connectivity index (χ4v) is 3.89. The molecular weight excluding hydrogens is 409 g/mol. The molecule has 1 aromatic heterocycles. The van der Waals surface area contributed by atoms with E-state index >= 15 is 0 Å². The highest BCUT2D eigenvalue weighted by atomic mass is 35.5. The van der Waals surface area contributed by atoms with Crippen molar-refractivity contribution in [2.24, 2.45) is 0 Å². The molecule has 146 valence electrons. The monoisotopic (exact) mass is 422 g/mol. The maximum absolute atomic E-state index is 12.7. The summed E-state index contributed by atoms with van der Waals surface area (Å²) in [6.07, 6.45) is -3.02. The minimum absolute atomic E-state index is 0.0163. The van der Waals surface area contributed by atoms with Crippen molar-refractivity contribution in [3.8, 4) is 5.75 Å². The van der Waals surface area contributed by atoms with E-state index < -0.39 is 21.9 Å². The summed E-state index contributed by atoms with van der Waals surface area (Å²) in [7, 11) is -3.17. The van der Waals surface area contributed by atoms with Crippen LogP contribution in [0.15, 0.2) is 29.3 Å². The summed E-state index contributed by atoms with van der Waals surface area (Å²) < 4.78 is 75.4. The molecule has 0 saturated carbocycles. The van der Waals surface area contributed by atoms with Crippen molar-refractivity contribution in [2.45, 2.75) is 30.0 Å². The molecule has 11 heteroatoms. The largest absolute Gasteiger partial charge is 0.495 e. The van der Waals surface area contributed by atoms with Crippen molar-refractivity contribution < 1.29 is 30.9 Å². The van der Waals surface area contributed by atoms with Crippen LogP contribution in [-0.2, 0) is 29.1 Å². The van der Waals surface area contributed by atoms with Gasteiger partial charge >= 0.3 is 6.18 Å². The number of ether oxygens (including phenoxy) is 1. The van der Waals surface area contributed by atoms with Gasteiger partial charge in [0.15, 0.2) is 0 Å². The van der Waals surface area contributed by atoms with Crippen molar-refractivity contribution in [1.29, 1.82) is 0 Å². The lowest BCUT2D eigenvalue weighted by molar-refractivity contribution is -0.137. The van der Waals surface area contributed by atoms with Crippen molar-refractivity contribution in [3.63, 3.8) is 0 Å². The number of alkyl halides is 3. The van der Waals surface area contributed by atoms with Crippen molar-refractivity contribution in [1.82, 2.24) is 4.98 Å². The van der Waals surface area contributed by atoms with Crippen molar-refractivity contribution in [2.75, 3.05) is 12.4 Å². The molecule has 2 N–H and O–H groups in total. The summed E-state index contributed by atoms with van der Waals surface area (Å²) in [5, 5.41) is 2.80. The van der Waals surface area contributed by atoms with E-state index in [4.69, 9.17) is 16.3 Å². The zero-order valence-corrected chi connectivity index (χ0v) is 15.4. The number of anilines is 1. The fraction of sp³-hybridized carbons (Fsp3) is 0.312. The third kappa shape index (κ3) is 4.12. The molecule has 0 fully saturated rings. The zero-order valence-electron chi connectivity index (χ0n) is 13.8. The Labute approximate surface area is 158 Å². The average Bonchev–Trinajstić information content (AvgIpc) is 2.95. The Kier molecular flexibility index (Phi) is 5.00. The van der Waals surface area contributed by atoms with Crippen molar-refractivity contribution >= 4 is 27.5 Å². The summed E-state index contributed by atoms with van der Waals surface area (Å²) >= 11 is 5.90. The normalized spacial score (nSPS) is 16.9. The molecule has 6 nitrogen and oxygen atoms in total. The second-order valence-corrected chi connectivity index (χ2v) is 7.85. The number of nitrogens with one attached hydrogen (secondary N) is 1. The molecule has 0 bridgehead atoms. The Hall–Kier alpha value is -2.04. The maximum Gasteiger partial charge on any atom is 0.417 e. The summed E-state index contributed by atoms with van der Waals surface area (Å²) in [6, 6.07) is 3.37. The molecule has 1 atom stereocenters. The molecule has 1 aromatic carbocycles. The summed E-state index contributed by atoms with van der Waals surface area (Å²) in [5.74, 6) is 0.118. The lowest BCUT2D eigenvalue weighted by Gasteiger charge is -2.15. The Balaban J connectivity index is 1.83. The van der Waals surface area contributed by atoms with Crippen LogP contribution in [0.1, 0.15) is 16.7 Å². The molecule has 1 aliphatic rings. The highest BCUT2D eigenvalue weighted by Gasteiger charge is 2.32. The first kappa shape index (κ1) is 19.7. The standard InChI is InChI=1S/C16H14ClF3N2O4S/c1-26-13-4-8-2-11(3-9(8)5-14(13)27(23,24)25)22-15-12(17)6-10(7-21-15)16(18,19)20/h4-7,11H,2-3H2,1H3,(H,21,22)(H,23,24,25). The van der Waals surface area contributed by atoms with Gasteiger partial charge < -0.3 is 10.1 Å². The van der Waals surface area contributed by atoms with Gasteiger partial charge in [-0.2, -0.15) is 21.6 Å². The first-order chi connectivity index (χ1) is 12.5. The summed E-state index contributed by atoms with van der Waals surface area (Å²) in [6.45, 7) is 0. The lowest BCUT2D eigenvalue weighted by Crippen LogP contribution is -2.20. The number of aromatic nitrogens is 1. The number of methoxy groups -OCH3 is 1. The van der Waals surface area contributed by atoms with Gasteiger partial charge in [0, 0.05) is 12.2 Å². The third-order valence-electron chi connectivity index (χ3n) is 4.21. The Morgan fingerprint density at radius 3 is 2.41 bits per heavy atom. The van der Waals surface area contributed by atoms with Crippen LogP contribution >= 0.6 is 11.6 Å². The molecule has 3 rings (SSSR count). The molecule has 1 heterocycles. The zero-order chi connectivity index (χ0) is 20.0. The number of benzene rings is 1. The van der Waals surface area contributed by atoms with Crippen LogP contribution in [-0.4, -0.2) is 31.1 Å². The molecule has 1 unspecified atom stereocenters. The first-order valence-electron chi connectivity index (χ1n) is 7.65. The van der Waals surface area contributed by atoms with E-state index in [1.54, 1.807) is 0 Å². The lowest BCUT2D eigenvalue weighted by atomic mass is 10.1. The number of pyridine rings is 1. The number of hydrogen-bond acceptors (Lipinski definition) is 5. The van der Waals surface area contributed by atoms with E-state index in [-0.39, 0.29) is 27.5 Å². The maximum atomic E-state index is 12.7. The second kappa shape index (κ2) is 6.84. The molecule has 1 aliphatic carbocycles. The number of halogens is 4. The van der Waals surface area contributed by atoms with Crippen LogP contribution in [0.3, 0.4) is 0 Å². The van der Waals surface area contributed by atoms with Crippen molar-refractivity contribution in [3.05, 3.63) is 46.1 Å². The van der Waals surface area contributed by atoms with Crippen LogP contribution in [0.5, 0.6) is 5.75 Å². The van der Waals surface area contributed by atoms with Gasteiger partial charge in [-0.3, -0.25) is 4.55 Å². The predicted octanol–water partition coefficient (Wildman–Crippen LogP) is 3.59. The molecular formula is C16H14ClF3N2O4S. The van der Waals surface area contributed by atoms with Gasteiger partial charge in [0.2, 0.25) is 0 Å². The molecule has 27 heavy (non-hydrogen) atoms. The predicted molar refractivity (Wildman–Crippen MR) is 91.9 cm³/mol. The number of rotatable bonds is 4. The first-order valence-corrected chi connectivity index (χ1v) is 9.47. The van der Waals surface area contributed by atoms with E-state index in [0.717, 1.165) is 11.6 Å². The summed E-state index contributed by atoms with van der Waals surface area (Å²) in [5.41, 5.74) is 0.513. The Bertz CT molecular complexity index is 996. The quantitative estimate of drug-likeness (QED) is 0.732. The average molecular weight is 423 g/mol. The molecule has 0 spiro atoms. The topological polar surface area (TPSA) is 88.5 Å². The van der Waals surface area contributed by atoms with E-state index in [1.165, 1.54) is 19.2 Å². The van der Waals surface area contributed by atoms with Crippen LogP contribution in [0.4, 0.5) is 19.0 Å². The van der Waals surface area contributed by atoms with Crippen LogP contribution in [0.25, 0.3) is 0 Å². The van der Waals surface area contributed by atoms with Gasteiger partial charge in [0.25, 0.3) is 10.1 Å². The Morgan fingerprint density at radius 1 is 1.26 bits per heavy atom. The number of nitrogens with zero attached hydrogens (tertiary/aromatic N) is 1. The van der Waals surface area contributed by atoms with Gasteiger partial charge in [-0.1, -0.05) is 11.6 Å². The number of fused-ring (bicyclic) bond motifs is 1. The third-order valence-corrected chi connectivity index (χ3v) is 5.37. The minimum atomic E-state index is -4.54. The van der Waals surface area contributed by atoms with E-state index in [9.17, 15) is 26.1 Å². The summed E-state index contributed by atoms with van der Waals surface area (Å²) in [4.78, 5) is 3.40. The van der Waals surface area contributed by atoms with Gasteiger partial charge in [-0.25, -0.2) is 4.98 Å². The smallest absolute Gasteiger partial charge is 0.417 e.